The van der Waals surface area contributed by atoms with E-state index in [1.807, 2.05) is 29.0 Å². The summed E-state index contributed by atoms with van der Waals surface area (Å²) in [4.78, 5) is 27.4. The van der Waals surface area contributed by atoms with Gasteiger partial charge in [-0.1, -0.05) is 27.5 Å². The quantitative estimate of drug-likeness (QED) is 0.606. The molecule has 6 heteroatoms. The average molecular weight is 437 g/mol. The summed E-state index contributed by atoms with van der Waals surface area (Å²) in [5.41, 5.74) is 3.33. The van der Waals surface area contributed by atoms with E-state index in [4.69, 9.17) is 11.6 Å². The van der Waals surface area contributed by atoms with E-state index in [1.165, 1.54) is 0 Å². The second kappa shape index (κ2) is 6.71. The van der Waals surface area contributed by atoms with E-state index in [0.29, 0.717) is 23.6 Å². The summed E-state index contributed by atoms with van der Waals surface area (Å²) in [7, 11) is 0. The lowest BCUT2D eigenvalue weighted by atomic mass is 9.78. The predicted octanol–water partition coefficient (Wildman–Crippen LogP) is 5.69. The van der Waals surface area contributed by atoms with Gasteiger partial charge in [0.2, 0.25) is 5.91 Å². The van der Waals surface area contributed by atoms with Gasteiger partial charge in [-0.05, 0) is 53.4 Å². The normalized spacial score (nSPS) is 20.9. The summed E-state index contributed by atoms with van der Waals surface area (Å²) in [5.74, 6) is 0.0177. The first-order valence-corrected chi connectivity index (χ1v) is 10.2. The van der Waals surface area contributed by atoms with Crippen LogP contribution in [0.3, 0.4) is 0 Å². The van der Waals surface area contributed by atoms with Crippen molar-refractivity contribution in [1.29, 1.82) is 0 Å². The number of carbonyl (C=O) groups excluding carboxylic acids is 2. The molecule has 1 atom stereocenters. The SMILES string of the molecule is O=C1CCCC2=C1C(c1ccsc1)CC(=O)N2c1ccc(Br)cc1Cl. The summed E-state index contributed by atoms with van der Waals surface area (Å²) in [6.07, 6.45) is 2.34. The molecule has 0 spiro atoms. The van der Waals surface area contributed by atoms with E-state index in [9.17, 15) is 9.59 Å². The van der Waals surface area contributed by atoms with Gasteiger partial charge in [-0.25, -0.2) is 0 Å². The Morgan fingerprint density at radius 1 is 1.20 bits per heavy atom. The largest absolute Gasteiger partial charge is 0.294 e. The fraction of sp³-hybridized carbons (Fsp3) is 0.263. The number of anilines is 1. The zero-order chi connectivity index (χ0) is 17.6. The lowest BCUT2D eigenvalue weighted by Gasteiger charge is -2.38. The number of rotatable bonds is 2. The Kier molecular flexibility index (Phi) is 4.56. The van der Waals surface area contributed by atoms with Crippen LogP contribution in [0.4, 0.5) is 5.69 Å². The second-order valence-corrected chi connectivity index (χ2v) is 8.38. The molecule has 2 heterocycles. The molecule has 0 saturated carbocycles. The zero-order valence-corrected chi connectivity index (χ0v) is 16.5. The van der Waals surface area contributed by atoms with Gasteiger partial charge in [-0.15, -0.1) is 0 Å². The highest BCUT2D eigenvalue weighted by molar-refractivity contribution is 9.10. The van der Waals surface area contributed by atoms with E-state index >= 15 is 0 Å². The maximum absolute atomic E-state index is 13.0. The second-order valence-electron chi connectivity index (χ2n) is 6.28. The lowest BCUT2D eigenvalue weighted by molar-refractivity contribution is -0.119. The predicted molar refractivity (Wildman–Crippen MR) is 104 cm³/mol. The van der Waals surface area contributed by atoms with Crippen LogP contribution in [-0.2, 0) is 9.59 Å². The number of halogens is 2. The van der Waals surface area contributed by atoms with Crippen LogP contribution in [0.5, 0.6) is 0 Å². The van der Waals surface area contributed by atoms with Crippen LogP contribution in [0.1, 0.15) is 37.2 Å². The number of Topliss-reactive ketones (excluding diaryl/α,β-unsaturated/α-hetero) is 1. The van der Waals surface area contributed by atoms with Crippen LogP contribution in [-0.4, -0.2) is 11.7 Å². The third kappa shape index (κ3) is 2.98. The Balaban J connectivity index is 1.88. The minimum absolute atomic E-state index is 0.00567. The van der Waals surface area contributed by atoms with E-state index in [0.717, 1.165) is 34.1 Å². The van der Waals surface area contributed by atoms with Crippen LogP contribution in [0.25, 0.3) is 0 Å². The third-order valence-electron chi connectivity index (χ3n) is 4.77. The molecule has 1 aliphatic heterocycles. The Labute approximate surface area is 163 Å². The number of hydrogen-bond donors (Lipinski definition) is 0. The first-order chi connectivity index (χ1) is 12.1. The number of amides is 1. The van der Waals surface area contributed by atoms with Crippen molar-refractivity contribution in [3.63, 3.8) is 0 Å². The molecule has 0 bridgehead atoms. The Morgan fingerprint density at radius 3 is 2.76 bits per heavy atom. The van der Waals surface area contributed by atoms with Crippen LogP contribution in [0.2, 0.25) is 5.02 Å². The molecule has 1 aromatic heterocycles. The van der Waals surface area contributed by atoms with Gasteiger partial charge in [0.15, 0.2) is 5.78 Å². The molecule has 4 rings (SSSR count). The van der Waals surface area contributed by atoms with Gasteiger partial charge >= 0.3 is 0 Å². The summed E-state index contributed by atoms with van der Waals surface area (Å²) in [6.45, 7) is 0. The maximum atomic E-state index is 13.0. The molecule has 1 unspecified atom stereocenters. The first kappa shape index (κ1) is 17.0. The molecule has 25 heavy (non-hydrogen) atoms. The summed E-state index contributed by atoms with van der Waals surface area (Å²) in [5, 5.41) is 4.53. The fourth-order valence-electron chi connectivity index (χ4n) is 3.69. The van der Waals surface area contributed by atoms with E-state index in [2.05, 4.69) is 15.9 Å². The van der Waals surface area contributed by atoms with Crippen LogP contribution in [0.15, 0.2) is 50.8 Å². The number of hydrogen-bond acceptors (Lipinski definition) is 3. The molecule has 0 saturated heterocycles. The number of nitrogens with zero attached hydrogens (tertiary/aromatic N) is 1. The highest BCUT2D eigenvalue weighted by atomic mass is 79.9. The molecule has 1 aliphatic carbocycles. The van der Waals surface area contributed by atoms with E-state index < -0.39 is 0 Å². The number of allylic oxidation sites excluding steroid dienone is 2. The Bertz CT molecular complexity index is 891. The third-order valence-corrected chi connectivity index (χ3v) is 6.27. The van der Waals surface area contributed by atoms with Crippen molar-refractivity contribution in [1.82, 2.24) is 0 Å². The Hall–Kier alpha value is -1.43. The fourth-order valence-corrected chi connectivity index (χ4v) is 5.17. The number of carbonyl (C=O) groups is 2. The van der Waals surface area contributed by atoms with Gasteiger partial charge < -0.3 is 0 Å². The highest BCUT2D eigenvalue weighted by Gasteiger charge is 2.40. The lowest BCUT2D eigenvalue weighted by Crippen LogP contribution is -2.40. The molecule has 2 aromatic rings. The van der Waals surface area contributed by atoms with Gasteiger partial charge in [0.05, 0.1) is 10.7 Å². The number of ketones is 1. The minimum Gasteiger partial charge on any atom is -0.294 e. The Morgan fingerprint density at radius 2 is 2.04 bits per heavy atom. The van der Waals surface area contributed by atoms with Crippen molar-refractivity contribution in [2.24, 2.45) is 0 Å². The molecular weight excluding hydrogens is 422 g/mol. The molecular formula is C19H15BrClNO2S. The molecule has 0 radical (unpaired) electrons. The highest BCUT2D eigenvalue weighted by Crippen LogP contribution is 2.45. The van der Waals surface area contributed by atoms with Crippen molar-refractivity contribution in [2.75, 3.05) is 4.90 Å². The smallest absolute Gasteiger partial charge is 0.232 e. The van der Waals surface area contributed by atoms with Gasteiger partial charge in [-0.3, -0.25) is 14.5 Å². The van der Waals surface area contributed by atoms with Crippen LogP contribution >= 0.6 is 38.9 Å². The monoisotopic (exact) mass is 435 g/mol. The summed E-state index contributed by atoms with van der Waals surface area (Å²) in [6, 6.07) is 7.49. The first-order valence-electron chi connectivity index (χ1n) is 8.12. The van der Waals surface area contributed by atoms with Crippen LogP contribution < -0.4 is 4.90 Å². The van der Waals surface area contributed by atoms with Crippen molar-refractivity contribution in [3.8, 4) is 0 Å². The average Bonchev–Trinajstić information content (AvgIpc) is 3.10. The zero-order valence-electron chi connectivity index (χ0n) is 13.3. The summed E-state index contributed by atoms with van der Waals surface area (Å²) >= 11 is 11.4. The van der Waals surface area contributed by atoms with Crippen LogP contribution in [0, 0.1) is 0 Å². The topological polar surface area (TPSA) is 37.4 Å². The maximum Gasteiger partial charge on any atom is 0.232 e. The molecule has 3 nitrogen and oxygen atoms in total. The number of thiophene rings is 1. The standard InChI is InChI=1S/C19H15BrClNO2S/c20-12-4-5-15(14(21)8-12)22-16-2-1-3-17(23)19(16)13(9-18(22)24)11-6-7-25-10-11/h4-8,10,13H,1-3,9H2. The molecule has 1 aromatic carbocycles. The number of benzene rings is 1. The van der Waals surface area contributed by atoms with Crippen molar-refractivity contribution in [3.05, 3.63) is 61.4 Å². The van der Waals surface area contributed by atoms with E-state index in [-0.39, 0.29) is 17.6 Å². The minimum atomic E-state index is -0.132. The van der Waals surface area contributed by atoms with Gasteiger partial charge in [0.1, 0.15) is 0 Å². The van der Waals surface area contributed by atoms with Crippen molar-refractivity contribution in [2.45, 2.75) is 31.6 Å². The molecule has 128 valence electrons. The van der Waals surface area contributed by atoms with Crippen molar-refractivity contribution < 1.29 is 9.59 Å². The molecule has 0 fully saturated rings. The van der Waals surface area contributed by atoms with Gasteiger partial charge in [-0.2, -0.15) is 11.3 Å². The molecule has 1 amide bonds. The molecule has 2 aliphatic rings. The van der Waals surface area contributed by atoms with Gasteiger partial charge in [0.25, 0.3) is 0 Å². The molecule has 0 N–H and O–H groups in total. The van der Waals surface area contributed by atoms with E-state index in [1.54, 1.807) is 22.3 Å². The van der Waals surface area contributed by atoms with Gasteiger partial charge in [0, 0.05) is 34.5 Å². The van der Waals surface area contributed by atoms with Crippen molar-refractivity contribution >= 4 is 56.2 Å². The summed E-state index contributed by atoms with van der Waals surface area (Å²) < 4.78 is 0.857.